The van der Waals surface area contributed by atoms with E-state index in [4.69, 9.17) is 0 Å². The smallest absolute Gasteiger partial charge is 0.235 e. The number of hydrogen-bond acceptors (Lipinski definition) is 2. The number of rotatable bonds is 9. The minimum atomic E-state index is -0.703. The van der Waals surface area contributed by atoms with E-state index in [2.05, 4.69) is 134 Å². The Labute approximate surface area is 206 Å². The van der Waals surface area contributed by atoms with Gasteiger partial charge in [-0.15, -0.1) is 4.67 Å². The first-order valence-electron chi connectivity index (χ1n) is 12.5. The fraction of sp³-hybridized carbons (Fsp3) is 0.258. The van der Waals surface area contributed by atoms with Crippen LogP contribution in [0.15, 0.2) is 97.1 Å². The quantitative estimate of drug-likeness (QED) is 0.243. The van der Waals surface area contributed by atoms with Crippen LogP contribution < -0.4 is 9.57 Å². The molecule has 4 aromatic rings. The van der Waals surface area contributed by atoms with Gasteiger partial charge >= 0.3 is 0 Å². The van der Waals surface area contributed by atoms with Crippen molar-refractivity contribution in [2.75, 3.05) is 35.7 Å². The van der Waals surface area contributed by atoms with Crippen molar-refractivity contribution >= 4 is 13.4 Å². The summed E-state index contributed by atoms with van der Waals surface area (Å²) in [5.74, 6) is 0. The summed E-state index contributed by atoms with van der Waals surface area (Å²) >= 11 is 0. The van der Waals surface area contributed by atoms with Gasteiger partial charge in [-0.1, -0.05) is 91.0 Å². The van der Waals surface area contributed by atoms with Crippen LogP contribution in [0.4, 0.5) is 5.69 Å². The molecule has 0 aliphatic carbocycles. The molecule has 0 aliphatic rings. The third-order valence-corrected chi connectivity index (χ3v) is 9.36. The maximum atomic E-state index is 2.67. The second-order valence-corrected chi connectivity index (χ2v) is 10.5. The molecule has 34 heavy (non-hydrogen) atoms. The lowest BCUT2D eigenvalue weighted by Gasteiger charge is -2.28. The van der Waals surface area contributed by atoms with Crippen molar-refractivity contribution in [3.63, 3.8) is 0 Å². The highest BCUT2D eigenvalue weighted by Gasteiger charge is 2.35. The maximum Gasteiger partial charge on any atom is 0.235 e. The molecule has 0 N–H and O–H groups in total. The summed E-state index contributed by atoms with van der Waals surface area (Å²) in [6.07, 6.45) is 0. The molecule has 0 aliphatic heterocycles. The van der Waals surface area contributed by atoms with Gasteiger partial charge in [-0.3, -0.25) is 0 Å². The molecule has 3 aromatic carbocycles. The highest BCUT2D eigenvalue weighted by molar-refractivity contribution is 7.57. The van der Waals surface area contributed by atoms with Crippen LogP contribution in [0, 0.1) is 0 Å². The van der Waals surface area contributed by atoms with E-state index >= 15 is 0 Å². The first-order chi connectivity index (χ1) is 16.7. The van der Waals surface area contributed by atoms with E-state index in [1.54, 1.807) is 0 Å². The molecular weight excluding hydrogens is 431 g/mol. The van der Waals surface area contributed by atoms with Gasteiger partial charge in [-0.05, 0) is 33.3 Å². The lowest BCUT2D eigenvalue weighted by atomic mass is 10.00. The van der Waals surface area contributed by atoms with Gasteiger partial charge in [0.2, 0.25) is 7.68 Å². The predicted molar refractivity (Wildman–Crippen MR) is 153 cm³/mol. The zero-order chi connectivity index (χ0) is 23.9. The Hall–Kier alpha value is -2.93. The van der Waals surface area contributed by atoms with Crippen LogP contribution >= 0.6 is 7.68 Å². The summed E-state index contributed by atoms with van der Waals surface area (Å²) in [6.45, 7) is 13.2. The topological polar surface area (TPSA) is 6.48 Å². The normalized spacial score (nSPS) is 11.6. The average Bonchev–Trinajstić information content (AvgIpc) is 2.91. The van der Waals surface area contributed by atoms with Crippen molar-refractivity contribution in [3.05, 3.63) is 97.1 Å². The van der Waals surface area contributed by atoms with Crippen molar-refractivity contribution in [1.82, 2.24) is 0 Å². The molecule has 1 atom stereocenters. The number of anilines is 1. The number of benzene rings is 3. The summed E-state index contributed by atoms with van der Waals surface area (Å²) in [4.78, 5) is 2.56. The van der Waals surface area contributed by atoms with Crippen LogP contribution in [-0.2, 0) is 0 Å². The first-order valence-corrected chi connectivity index (χ1v) is 13.8. The zero-order valence-corrected chi connectivity index (χ0v) is 21.8. The molecule has 0 saturated heterocycles. The first kappa shape index (κ1) is 24.2. The summed E-state index contributed by atoms with van der Waals surface area (Å²) in [5, 5.41) is 2.91. The number of nitrogens with zero attached hydrogens (tertiary/aromatic N) is 2. The van der Waals surface area contributed by atoms with Crippen molar-refractivity contribution in [2.45, 2.75) is 27.7 Å². The second-order valence-electron chi connectivity index (χ2n) is 8.36. The minimum Gasteiger partial charge on any atom is -0.368 e. The highest BCUT2D eigenvalue weighted by atomic mass is 31.1. The van der Waals surface area contributed by atoms with Crippen LogP contribution in [0.25, 0.3) is 32.8 Å². The Kier molecular flexibility index (Phi) is 8.16. The average molecular weight is 468 g/mol. The molecule has 0 spiro atoms. The van der Waals surface area contributed by atoms with Crippen molar-refractivity contribution in [2.24, 2.45) is 0 Å². The highest BCUT2D eigenvalue weighted by Crippen LogP contribution is 2.57. The van der Waals surface area contributed by atoms with Crippen LogP contribution in [0.2, 0.25) is 0 Å². The zero-order valence-electron chi connectivity index (χ0n) is 20.9. The van der Waals surface area contributed by atoms with E-state index < -0.39 is 7.68 Å². The molecule has 0 radical (unpaired) electrons. The third kappa shape index (κ3) is 4.80. The molecule has 1 heterocycles. The fourth-order valence-electron chi connectivity index (χ4n) is 4.78. The standard InChI is InChI=1S/C31H36N2P/c1-5-32(6-2)30-28(25-18-12-9-13-19-25)24-29(26-20-14-10-15-21-26)34(33(7-3)8-4)31(30)27-22-16-11-17-23-27/h9-24H,5-8H2,1-4H3/q+1. The summed E-state index contributed by atoms with van der Waals surface area (Å²) < 4.78 is 2.67. The van der Waals surface area contributed by atoms with Gasteiger partial charge in [-0.2, -0.15) is 0 Å². The van der Waals surface area contributed by atoms with E-state index in [0.29, 0.717) is 0 Å². The molecule has 1 unspecified atom stereocenters. The van der Waals surface area contributed by atoms with Gasteiger partial charge in [0.15, 0.2) is 10.6 Å². The third-order valence-electron chi connectivity index (χ3n) is 6.49. The monoisotopic (exact) mass is 467 g/mol. The van der Waals surface area contributed by atoms with Crippen LogP contribution in [0.5, 0.6) is 0 Å². The Morgan fingerprint density at radius 1 is 0.559 bits per heavy atom. The molecule has 0 saturated carbocycles. The summed E-state index contributed by atoms with van der Waals surface area (Å²) in [5.41, 5.74) is 6.65. The van der Waals surface area contributed by atoms with E-state index in [9.17, 15) is 0 Å². The Morgan fingerprint density at radius 3 is 1.50 bits per heavy atom. The van der Waals surface area contributed by atoms with Crippen LogP contribution in [0.1, 0.15) is 27.7 Å². The van der Waals surface area contributed by atoms with Gasteiger partial charge in [0.1, 0.15) is 0 Å². The van der Waals surface area contributed by atoms with E-state index in [-0.39, 0.29) is 0 Å². The molecule has 3 heteroatoms. The van der Waals surface area contributed by atoms with Crippen LogP contribution in [0.3, 0.4) is 0 Å². The lowest BCUT2D eigenvalue weighted by Crippen LogP contribution is -2.25. The van der Waals surface area contributed by atoms with Crippen LogP contribution in [-0.4, -0.2) is 26.2 Å². The molecular formula is C31H36N2P+. The van der Waals surface area contributed by atoms with Crippen molar-refractivity contribution in [1.29, 1.82) is 0 Å². The van der Waals surface area contributed by atoms with Gasteiger partial charge in [-0.25, -0.2) is 0 Å². The second kappa shape index (κ2) is 11.5. The molecule has 4 rings (SSSR count). The van der Waals surface area contributed by atoms with Gasteiger partial charge in [0, 0.05) is 48.9 Å². The van der Waals surface area contributed by atoms with Gasteiger partial charge in [0.05, 0.1) is 5.69 Å². The number of hydrogen-bond donors (Lipinski definition) is 0. The molecule has 174 valence electrons. The van der Waals surface area contributed by atoms with Gasteiger partial charge in [0.25, 0.3) is 0 Å². The Morgan fingerprint density at radius 2 is 1.03 bits per heavy atom. The summed E-state index contributed by atoms with van der Waals surface area (Å²) in [7, 11) is -0.703. The molecule has 0 amide bonds. The Balaban J connectivity index is 2.22. The lowest BCUT2D eigenvalue weighted by molar-refractivity contribution is 0.869. The SMILES string of the molecule is CCN(CC)c1c(-c2ccccc2)cc(-c2ccccc2)[p+](N(CC)CC)c1-c1ccccc1. The van der Waals surface area contributed by atoms with E-state index in [1.165, 1.54) is 38.5 Å². The summed E-state index contributed by atoms with van der Waals surface area (Å²) in [6, 6.07) is 35.5. The Bertz CT molecular complexity index is 1110. The van der Waals surface area contributed by atoms with E-state index in [0.717, 1.165) is 26.2 Å². The van der Waals surface area contributed by atoms with Crippen molar-refractivity contribution < 1.29 is 0 Å². The molecule has 0 bridgehead atoms. The maximum absolute atomic E-state index is 2.67. The predicted octanol–water partition coefficient (Wildman–Crippen LogP) is 8.78. The minimum absolute atomic E-state index is 0.703. The van der Waals surface area contributed by atoms with Crippen molar-refractivity contribution in [3.8, 4) is 32.8 Å². The molecule has 0 fully saturated rings. The largest absolute Gasteiger partial charge is 0.368 e. The molecule has 1 aromatic heterocycles. The van der Waals surface area contributed by atoms with E-state index in [1.807, 2.05) is 0 Å². The molecule has 2 nitrogen and oxygen atoms in total. The van der Waals surface area contributed by atoms with Gasteiger partial charge < -0.3 is 4.90 Å². The fourth-order valence-corrected chi connectivity index (χ4v) is 7.68.